The van der Waals surface area contributed by atoms with Crippen LogP contribution < -0.4 is 5.32 Å². The fourth-order valence-electron chi connectivity index (χ4n) is 1.68. The van der Waals surface area contributed by atoms with E-state index in [4.69, 9.17) is 0 Å². The minimum absolute atomic E-state index is 0.0246. The van der Waals surface area contributed by atoms with Gasteiger partial charge in [0.15, 0.2) is 0 Å². The summed E-state index contributed by atoms with van der Waals surface area (Å²) < 4.78 is 1.07. The molecule has 1 aliphatic heterocycles. The third-order valence-corrected chi connectivity index (χ3v) is 3.45. The number of likely N-dealkylation sites (tertiary alicyclic amines) is 1. The van der Waals surface area contributed by atoms with E-state index < -0.39 is 0 Å². The van der Waals surface area contributed by atoms with Gasteiger partial charge >= 0.3 is 6.03 Å². The first-order valence-electron chi connectivity index (χ1n) is 5.08. The molecule has 4 heteroatoms. The van der Waals surface area contributed by atoms with E-state index in [1.54, 1.807) is 0 Å². The zero-order chi connectivity index (χ0) is 10.7. The van der Waals surface area contributed by atoms with Crippen molar-refractivity contribution in [2.75, 3.05) is 18.4 Å². The molecule has 1 heterocycles. The number of nitrogens with zero attached hydrogens (tertiary/aromatic N) is 1. The summed E-state index contributed by atoms with van der Waals surface area (Å²) in [5, 5.41) is 2.93. The van der Waals surface area contributed by atoms with E-state index in [1.807, 2.05) is 29.2 Å². The molecule has 80 valence electrons. The normalized spacial score (nSPS) is 15.4. The Bertz CT molecular complexity index is 361. The fourth-order valence-corrected chi connectivity index (χ4v) is 2.20. The molecule has 3 nitrogen and oxygen atoms in total. The van der Waals surface area contributed by atoms with Crippen molar-refractivity contribution in [3.63, 3.8) is 0 Å². The molecule has 1 aliphatic rings. The molecular weight excluding hydrogens is 303 g/mol. The lowest BCUT2D eigenvalue weighted by molar-refractivity contribution is 0.222. The second-order valence-electron chi connectivity index (χ2n) is 3.60. The summed E-state index contributed by atoms with van der Waals surface area (Å²) in [5.41, 5.74) is 0.898. The minimum atomic E-state index is 0.0246. The van der Waals surface area contributed by atoms with E-state index in [0.29, 0.717) is 0 Å². The number of amides is 2. The number of urea groups is 1. The van der Waals surface area contributed by atoms with Gasteiger partial charge in [0.2, 0.25) is 0 Å². The molecule has 0 saturated carbocycles. The summed E-state index contributed by atoms with van der Waals surface area (Å²) >= 11 is 2.22. The van der Waals surface area contributed by atoms with Crippen molar-refractivity contribution in [1.82, 2.24) is 4.90 Å². The molecule has 0 unspecified atom stereocenters. The van der Waals surface area contributed by atoms with Gasteiger partial charge in [0.25, 0.3) is 0 Å². The molecule has 2 rings (SSSR count). The predicted molar refractivity (Wildman–Crippen MR) is 69.0 cm³/mol. The van der Waals surface area contributed by atoms with Crippen molar-refractivity contribution < 1.29 is 4.79 Å². The number of nitrogens with one attached hydrogen (secondary N) is 1. The van der Waals surface area contributed by atoms with E-state index >= 15 is 0 Å². The average Bonchev–Trinajstić information content (AvgIpc) is 2.74. The molecule has 0 spiro atoms. The molecule has 1 N–H and O–H groups in total. The number of para-hydroxylation sites is 1. The number of carbonyl (C=O) groups is 1. The smallest absolute Gasteiger partial charge is 0.321 e. The molecule has 1 saturated heterocycles. The quantitative estimate of drug-likeness (QED) is 0.794. The van der Waals surface area contributed by atoms with Crippen molar-refractivity contribution >= 4 is 34.3 Å². The number of carbonyl (C=O) groups excluding carboxylic acids is 1. The molecule has 0 atom stereocenters. The third kappa shape index (κ3) is 2.62. The van der Waals surface area contributed by atoms with Crippen molar-refractivity contribution in [2.24, 2.45) is 0 Å². The van der Waals surface area contributed by atoms with Crippen LogP contribution in [0.25, 0.3) is 0 Å². The Hall–Kier alpha value is -0.780. The van der Waals surface area contributed by atoms with Gasteiger partial charge in [-0.1, -0.05) is 12.1 Å². The Kier molecular flexibility index (Phi) is 3.45. The maximum atomic E-state index is 11.8. The zero-order valence-electron chi connectivity index (χ0n) is 8.37. The standard InChI is InChI=1S/C11H13IN2O/c12-9-5-1-2-6-10(9)13-11(15)14-7-3-4-8-14/h1-2,5-6H,3-4,7-8H2,(H,13,15). The van der Waals surface area contributed by atoms with Crippen LogP contribution in [0.4, 0.5) is 10.5 Å². The average molecular weight is 316 g/mol. The highest BCUT2D eigenvalue weighted by molar-refractivity contribution is 14.1. The van der Waals surface area contributed by atoms with Crippen LogP contribution in [0.15, 0.2) is 24.3 Å². The Morgan fingerprint density at radius 2 is 1.93 bits per heavy atom. The maximum Gasteiger partial charge on any atom is 0.321 e. The van der Waals surface area contributed by atoms with Crippen LogP contribution in [0.2, 0.25) is 0 Å². The van der Waals surface area contributed by atoms with E-state index in [2.05, 4.69) is 27.9 Å². The van der Waals surface area contributed by atoms with E-state index in [0.717, 1.165) is 35.2 Å². The van der Waals surface area contributed by atoms with Crippen LogP contribution in [0.3, 0.4) is 0 Å². The highest BCUT2D eigenvalue weighted by Gasteiger charge is 2.17. The maximum absolute atomic E-state index is 11.8. The topological polar surface area (TPSA) is 32.3 Å². The largest absolute Gasteiger partial charge is 0.325 e. The molecule has 1 aromatic carbocycles. The summed E-state index contributed by atoms with van der Waals surface area (Å²) in [6.45, 7) is 1.77. The van der Waals surface area contributed by atoms with Crippen LogP contribution in [0.5, 0.6) is 0 Å². The Balaban J connectivity index is 2.02. The van der Waals surface area contributed by atoms with Gasteiger partial charge in [-0.25, -0.2) is 4.79 Å². The summed E-state index contributed by atoms with van der Waals surface area (Å²) in [4.78, 5) is 13.6. The lowest BCUT2D eigenvalue weighted by atomic mass is 10.3. The molecule has 0 aliphatic carbocycles. The van der Waals surface area contributed by atoms with Crippen molar-refractivity contribution in [3.8, 4) is 0 Å². The molecule has 2 amide bonds. The molecule has 1 fully saturated rings. The van der Waals surface area contributed by atoms with Gasteiger partial charge in [-0.15, -0.1) is 0 Å². The first kappa shape index (κ1) is 10.7. The summed E-state index contributed by atoms with van der Waals surface area (Å²) in [7, 11) is 0. The number of anilines is 1. The van der Waals surface area contributed by atoms with Crippen LogP contribution in [-0.2, 0) is 0 Å². The first-order valence-corrected chi connectivity index (χ1v) is 6.16. The second kappa shape index (κ2) is 4.83. The van der Waals surface area contributed by atoms with Gasteiger partial charge in [0.1, 0.15) is 0 Å². The number of hydrogen-bond donors (Lipinski definition) is 1. The summed E-state index contributed by atoms with van der Waals surface area (Å²) in [6, 6.07) is 7.84. The van der Waals surface area contributed by atoms with Gasteiger partial charge in [0.05, 0.1) is 5.69 Å². The number of hydrogen-bond acceptors (Lipinski definition) is 1. The van der Waals surface area contributed by atoms with Crippen LogP contribution in [-0.4, -0.2) is 24.0 Å². The molecule has 1 aromatic rings. The summed E-state index contributed by atoms with van der Waals surface area (Å²) in [5.74, 6) is 0. The summed E-state index contributed by atoms with van der Waals surface area (Å²) in [6.07, 6.45) is 2.25. The second-order valence-corrected chi connectivity index (χ2v) is 4.77. The van der Waals surface area contributed by atoms with Crippen LogP contribution >= 0.6 is 22.6 Å². The lowest BCUT2D eigenvalue weighted by Gasteiger charge is -2.16. The van der Waals surface area contributed by atoms with Gasteiger partial charge in [-0.2, -0.15) is 0 Å². The number of halogens is 1. The first-order chi connectivity index (χ1) is 7.27. The fraction of sp³-hybridized carbons (Fsp3) is 0.364. The molecule has 0 bridgehead atoms. The Morgan fingerprint density at radius 3 is 2.60 bits per heavy atom. The van der Waals surface area contributed by atoms with Crippen molar-refractivity contribution in [1.29, 1.82) is 0 Å². The molecule has 0 radical (unpaired) electrons. The Labute approximate surface area is 103 Å². The van der Waals surface area contributed by atoms with Crippen LogP contribution in [0.1, 0.15) is 12.8 Å². The van der Waals surface area contributed by atoms with Crippen molar-refractivity contribution in [2.45, 2.75) is 12.8 Å². The number of rotatable bonds is 1. The number of benzene rings is 1. The predicted octanol–water partition coefficient (Wildman–Crippen LogP) is 2.92. The lowest BCUT2D eigenvalue weighted by Crippen LogP contribution is -2.32. The van der Waals surface area contributed by atoms with Gasteiger partial charge in [-0.3, -0.25) is 0 Å². The van der Waals surface area contributed by atoms with Gasteiger partial charge in [0, 0.05) is 16.7 Å². The van der Waals surface area contributed by atoms with E-state index in [-0.39, 0.29) is 6.03 Å². The van der Waals surface area contributed by atoms with Gasteiger partial charge < -0.3 is 10.2 Å². The Morgan fingerprint density at radius 1 is 1.27 bits per heavy atom. The molecule has 0 aromatic heterocycles. The highest BCUT2D eigenvalue weighted by atomic mass is 127. The molecule has 15 heavy (non-hydrogen) atoms. The third-order valence-electron chi connectivity index (χ3n) is 2.51. The van der Waals surface area contributed by atoms with Gasteiger partial charge in [-0.05, 0) is 47.6 Å². The van der Waals surface area contributed by atoms with E-state index in [9.17, 15) is 4.79 Å². The molecular formula is C11H13IN2O. The van der Waals surface area contributed by atoms with E-state index in [1.165, 1.54) is 0 Å². The SMILES string of the molecule is O=C(Nc1ccccc1I)N1CCCC1. The zero-order valence-corrected chi connectivity index (χ0v) is 10.5. The minimum Gasteiger partial charge on any atom is -0.325 e. The highest BCUT2D eigenvalue weighted by Crippen LogP contribution is 2.18. The van der Waals surface area contributed by atoms with Crippen molar-refractivity contribution in [3.05, 3.63) is 27.8 Å². The van der Waals surface area contributed by atoms with Crippen LogP contribution in [0, 0.1) is 3.57 Å². The monoisotopic (exact) mass is 316 g/mol.